The molecule has 0 aliphatic rings. The zero-order chi connectivity index (χ0) is 12.3. The molecule has 1 rings (SSSR count). The number of carboxylic acid groups (broad SMARTS) is 1. The minimum Gasteiger partial charge on any atom is -0.481 e. The number of aliphatic carboxylic acids is 1. The normalized spacial score (nSPS) is 16.5. The SMILES string of the molecule is CCC(C(=O)O)C(C)(O)c1ccc(F)cc1. The van der Waals surface area contributed by atoms with Gasteiger partial charge in [-0.2, -0.15) is 0 Å². The van der Waals surface area contributed by atoms with Crippen molar-refractivity contribution in [2.75, 3.05) is 0 Å². The molecule has 0 aliphatic carbocycles. The van der Waals surface area contributed by atoms with Gasteiger partial charge < -0.3 is 10.2 Å². The second kappa shape index (κ2) is 4.61. The maximum absolute atomic E-state index is 12.7. The van der Waals surface area contributed by atoms with Gasteiger partial charge in [0, 0.05) is 0 Å². The van der Waals surface area contributed by atoms with Crippen LogP contribution in [0.5, 0.6) is 0 Å². The molecule has 2 N–H and O–H groups in total. The fourth-order valence-corrected chi connectivity index (χ4v) is 1.80. The summed E-state index contributed by atoms with van der Waals surface area (Å²) in [6.07, 6.45) is 0.305. The summed E-state index contributed by atoms with van der Waals surface area (Å²) in [6.45, 7) is 3.12. The standard InChI is InChI=1S/C12H15FO3/c1-3-10(11(14)15)12(2,16)8-4-6-9(13)7-5-8/h4-7,10,16H,3H2,1-2H3,(H,14,15). The highest BCUT2D eigenvalue weighted by atomic mass is 19.1. The fraction of sp³-hybridized carbons (Fsp3) is 0.417. The molecule has 0 saturated heterocycles. The van der Waals surface area contributed by atoms with E-state index >= 15 is 0 Å². The van der Waals surface area contributed by atoms with E-state index in [1.54, 1.807) is 6.92 Å². The summed E-state index contributed by atoms with van der Waals surface area (Å²) in [7, 11) is 0. The predicted octanol–water partition coefficient (Wildman–Crippen LogP) is 2.14. The number of hydrogen-bond donors (Lipinski definition) is 2. The van der Waals surface area contributed by atoms with Crippen molar-refractivity contribution in [3.63, 3.8) is 0 Å². The molecule has 16 heavy (non-hydrogen) atoms. The molecule has 0 aliphatic heterocycles. The van der Waals surface area contributed by atoms with Gasteiger partial charge >= 0.3 is 5.97 Å². The molecule has 88 valence electrons. The molecule has 3 nitrogen and oxygen atoms in total. The van der Waals surface area contributed by atoms with Gasteiger partial charge in [0.1, 0.15) is 11.4 Å². The first-order valence-electron chi connectivity index (χ1n) is 5.10. The molecule has 1 aromatic carbocycles. The van der Waals surface area contributed by atoms with Crippen LogP contribution in [0, 0.1) is 11.7 Å². The average Bonchev–Trinajstić information content (AvgIpc) is 2.18. The first-order chi connectivity index (χ1) is 7.39. The smallest absolute Gasteiger partial charge is 0.309 e. The van der Waals surface area contributed by atoms with Gasteiger partial charge in [-0.3, -0.25) is 4.79 Å². The summed E-state index contributed by atoms with van der Waals surface area (Å²) in [5.74, 6) is -2.38. The summed E-state index contributed by atoms with van der Waals surface area (Å²) in [5.41, 5.74) is -1.09. The van der Waals surface area contributed by atoms with E-state index in [1.807, 2.05) is 0 Å². The van der Waals surface area contributed by atoms with Crippen molar-refractivity contribution >= 4 is 5.97 Å². The molecule has 0 spiro atoms. The highest BCUT2D eigenvalue weighted by molar-refractivity contribution is 5.71. The minimum atomic E-state index is -1.49. The number of benzene rings is 1. The lowest BCUT2D eigenvalue weighted by Crippen LogP contribution is -2.36. The molecule has 0 amide bonds. The first kappa shape index (κ1) is 12.6. The monoisotopic (exact) mass is 226 g/mol. The summed E-state index contributed by atoms with van der Waals surface area (Å²) in [4.78, 5) is 11.0. The van der Waals surface area contributed by atoms with Crippen LogP contribution < -0.4 is 0 Å². The van der Waals surface area contributed by atoms with Gasteiger partial charge in [-0.05, 0) is 31.0 Å². The lowest BCUT2D eigenvalue weighted by atomic mass is 9.81. The number of halogens is 1. The Kier molecular flexibility index (Phi) is 3.65. The van der Waals surface area contributed by atoms with Crippen LogP contribution in [0.25, 0.3) is 0 Å². The number of carbonyl (C=O) groups is 1. The Morgan fingerprint density at radius 3 is 2.31 bits per heavy atom. The van der Waals surface area contributed by atoms with Crippen molar-refractivity contribution in [3.8, 4) is 0 Å². The predicted molar refractivity (Wildman–Crippen MR) is 57.4 cm³/mol. The van der Waals surface area contributed by atoms with Gasteiger partial charge in [-0.25, -0.2) is 4.39 Å². The number of rotatable bonds is 4. The average molecular weight is 226 g/mol. The minimum absolute atomic E-state index is 0.305. The van der Waals surface area contributed by atoms with E-state index in [2.05, 4.69) is 0 Å². The summed E-state index contributed by atoms with van der Waals surface area (Å²) in [5, 5.41) is 19.2. The van der Waals surface area contributed by atoms with Crippen LogP contribution in [-0.2, 0) is 10.4 Å². The summed E-state index contributed by atoms with van der Waals surface area (Å²) in [6, 6.07) is 5.22. The van der Waals surface area contributed by atoms with E-state index in [9.17, 15) is 14.3 Å². The van der Waals surface area contributed by atoms with Gasteiger partial charge in [0.25, 0.3) is 0 Å². The Morgan fingerprint density at radius 1 is 1.44 bits per heavy atom. The van der Waals surface area contributed by atoms with Crippen LogP contribution in [0.15, 0.2) is 24.3 Å². The maximum Gasteiger partial charge on any atom is 0.309 e. The maximum atomic E-state index is 12.7. The number of carboxylic acids is 1. The quantitative estimate of drug-likeness (QED) is 0.827. The first-order valence-corrected chi connectivity index (χ1v) is 5.10. The number of aliphatic hydroxyl groups is 1. The highest BCUT2D eigenvalue weighted by Crippen LogP contribution is 2.31. The second-order valence-electron chi connectivity index (χ2n) is 3.95. The van der Waals surface area contributed by atoms with Crippen molar-refractivity contribution in [2.24, 2.45) is 5.92 Å². The van der Waals surface area contributed by atoms with Gasteiger partial charge in [-0.15, -0.1) is 0 Å². The van der Waals surface area contributed by atoms with Crippen LogP contribution in [0.2, 0.25) is 0 Å². The van der Waals surface area contributed by atoms with Crippen LogP contribution in [0.4, 0.5) is 4.39 Å². The van der Waals surface area contributed by atoms with Gasteiger partial charge in [0.05, 0.1) is 5.92 Å². The molecule has 0 bridgehead atoms. The van der Waals surface area contributed by atoms with E-state index in [-0.39, 0.29) is 0 Å². The van der Waals surface area contributed by atoms with Crippen LogP contribution in [0.3, 0.4) is 0 Å². The summed E-state index contributed by atoms with van der Waals surface area (Å²) < 4.78 is 12.7. The van der Waals surface area contributed by atoms with Crippen LogP contribution >= 0.6 is 0 Å². The highest BCUT2D eigenvalue weighted by Gasteiger charge is 2.37. The van der Waals surface area contributed by atoms with Crippen LogP contribution in [0.1, 0.15) is 25.8 Å². The van der Waals surface area contributed by atoms with E-state index in [4.69, 9.17) is 5.11 Å². The van der Waals surface area contributed by atoms with Gasteiger partial charge in [0.2, 0.25) is 0 Å². The molecule has 0 aromatic heterocycles. The molecule has 0 fully saturated rings. The molecule has 0 saturated carbocycles. The lowest BCUT2D eigenvalue weighted by molar-refractivity contribution is -0.152. The molecular formula is C12H15FO3. The third kappa shape index (κ3) is 2.39. The molecule has 0 heterocycles. The Hall–Kier alpha value is -1.42. The molecular weight excluding hydrogens is 211 g/mol. The van der Waals surface area contributed by atoms with Gasteiger partial charge in [0.15, 0.2) is 0 Å². The largest absolute Gasteiger partial charge is 0.481 e. The van der Waals surface area contributed by atoms with E-state index in [0.29, 0.717) is 12.0 Å². The third-order valence-corrected chi connectivity index (χ3v) is 2.81. The van der Waals surface area contributed by atoms with Crippen molar-refractivity contribution in [1.29, 1.82) is 0 Å². The van der Waals surface area contributed by atoms with E-state index in [0.717, 1.165) is 0 Å². The second-order valence-corrected chi connectivity index (χ2v) is 3.95. The Balaban J connectivity index is 3.08. The Morgan fingerprint density at radius 2 is 1.94 bits per heavy atom. The van der Waals surface area contributed by atoms with Crippen molar-refractivity contribution in [2.45, 2.75) is 25.9 Å². The van der Waals surface area contributed by atoms with Gasteiger partial charge in [-0.1, -0.05) is 19.1 Å². The zero-order valence-corrected chi connectivity index (χ0v) is 9.27. The number of hydrogen-bond acceptors (Lipinski definition) is 2. The molecule has 0 radical (unpaired) electrons. The van der Waals surface area contributed by atoms with Crippen molar-refractivity contribution in [3.05, 3.63) is 35.6 Å². The summed E-state index contributed by atoms with van der Waals surface area (Å²) >= 11 is 0. The Labute approximate surface area is 93.5 Å². The molecule has 1 aromatic rings. The third-order valence-electron chi connectivity index (χ3n) is 2.81. The zero-order valence-electron chi connectivity index (χ0n) is 9.27. The van der Waals surface area contributed by atoms with Crippen LogP contribution in [-0.4, -0.2) is 16.2 Å². The topological polar surface area (TPSA) is 57.5 Å². The van der Waals surface area contributed by atoms with E-state index in [1.165, 1.54) is 31.2 Å². The Bertz CT molecular complexity index is 370. The molecule has 4 heteroatoms. The fourth-order valence-electron chi connectivity index (χ4n) is 1.80. The van der Waals surface area contributed by atoms with E-state index < -0.39 is 23.3 Å². The van der Waals surface area contributed by atoms with Crippen molar-refractivity contribution in [1.82, 2.24) is 0 Å². The molecule has 2 unspecified atom stereocenters. The molecule has 2 atom stereocenters. The van der Waals surface area contributed by atoms with Crippen molar-refractivity contribution < 1.29 is 19.4 Å². The lowest BCUT2D eigenvalue weighted by Gasteiger charge is -2.29.